The Morgan fingerprint density at radius 3 is 2.31 bits per heavy atom. The normalized spacial score (nSPS) is 10.2. The zero-order valence-corrected chi connectivity index (χ0v) is 8.28. The van der Waals surface area contributed by atoms with Gasteiger partial charge in [0.15, 0.2) is 0 Å². The van der Waals surface area contributed by atoms with E-state index in [1.807, 2.05) is 31.9 Å². The topological polar surface area (TPSA) is 49.2 Å². The molecule has 1 aromatic heterocycles. The number of aliphatic hydroxyl groups is 1. The van der Waals surface area contributed by atoms with Crippen molar-refractivity contribution in [1.29, 1.82) is 0 Å². The van der Waals surface area contributed by atoms with Crippen molar-refractivity contribution in [2.75, 3.05) is 25.1 Å². The first kappa shape index (κ1) is 9.92. The van der Waals surface area contributed by atoms with Crippen LogP contribution in [0.4, 0.5) is 5.95 Å². The highest BCUT2D eigenvalue weighted by molar-refractivity contribution is 5.30. The fourth-order valence-electron chi connectivity index (χ4n) is 1.13. The van der Waals surface area contributed by atoms with Gasteiger partial charge < -0.3 is 10.0 Å². The van der Waals surface area contributed by atoms with Crippen LogP contribution in [0, 0.1) is 13.8 Å². The van der Waals surface area contributed by atoms with Crippen molar-refractivity contribution >= 4 is 5.95 Å². The molecule has 0 bridgehead atoms. The van der Waals surface area contributed by atoms with Crippen LogP contribution in [0.3, 0.4) is 0 Å². The van der Waals surface area contributed by atoms with Gasteiger partial charge in [0.05, 0.1) is 6.61 Å². The fraction of sp³-hybridized carbons (Fsp3) is 0.556. The summed E-state index contributed by atoms with van der Waals surface area (Å²) in [6.07, 6.45) is 0. The molecule has 0 radical (unpaired) electrons. The van der Waals surface area contributed by atoms with Crippen molar-refractivity contribution in [3.63, 3.8) is 0 Å². The third kappa shape index (κ3) is 2.66. The molecule has 4 nitrogen and oxygen atoms in total. The minimum Gasteiger partial charge on any atom is -0.395 e. The number of aryl methyl sites for hydroxylation is 2. The van der Waals surface area contributed by atoms with Crippen LogP contribution in [-0.2, 0) is 0 Å². The van der Waals surface area contributed by atoms with Crippen LogP contribution in [0.2, 0.25) is 0 Å². The number of nitrogens with zero attached hydrogens (tertiary/aromatic N) is 3. The second kappa shape index (κ2) is 4.18. The van der Waals surface area contributed by atoms with E-state index < -0.39 is 0 Å². The molecule has 0 aliphatic heterocycles. The summed E-state index contributed by atoms with van der Waals surface area (Å²) in [6, 6.07) is 1.93. The van der Waals surface area contributed by atoms with E-state index in [1.54, 1.807) is 0 Å². The van der Waals surface area contributed by atoms with Crippen LogP contribution < -0.4 is 4.90 Å². The molecule has 1 rings (SSSR count). The molecule has 0 fully saturated rings. The van der Waals surface area contributed by atoms with E-state index in [0.29, 0.717) is 12.5 Å². The molecule has 0 spiro atoms. The smallest absolute Gasteiger partial charge is 0.225 e. The molecule has 1 N–H and O–H groups in total. The van der Waals surface area contributed by atoms with Crippen molar-refractivity contribution in [2.45, 2.75) is 13.8 Å². The first-order chi connectivity index (χ1) is 6.13. The lowest BCUT2D eigenvalue weighted by molar-refractivity contribution is 0.303. The Hall–Kier alpha value is -1.16. The highest BCUT2D eigenvalue weighted by Gasteiger charge is 2.04. The molecule has 72 valence electrons. The van der Waals surface area contributed by atoms with Gasteiger partial charge in [-0.3, -0.25) is 0 Å². The molecule has 0 unspecified atom stereocenters. The maximum Gasteiger partial charge on any atom is 0.225 e. The van der Waals surface area contributed by atoms with E-state index in [9.17, 15) is 0 Å². The van der Waals surface area contributed by atoms with Crippen LogP contribution >= 0.6 is 0 Å². The number of anilines is 1. The van der Waals surface area contributed by atoms with Gasteiger partial charge in [-0.1, -0.05) is 0 Å². The summed E-state index contributed by atoms with van der Waals surface area (Å²) in [5.41, 5.74) is 1.90. The Balaban J connectivity index is 2.87. The molecular formula is C9H15N3O. The Morgan fingerprint density at radius 1 is 1.31 bits per heavy atom. The quantitative estimate of drug-likeness (QED) is 0.738. The molecule has 0 aliphatic rings. The molecule has 0 amide bonds. The first-order valence-electron chi connectivity index (χ1n) is 4.28. The van der Waals surface area contributed by atoms with Gasteiger partial charge in [0.25, 0.3) is 0 Å². The summed E-state index contributed by atoms with van der Waals surface area (Å²) in [7, 11) is 1.87. The second-order valence-electron chi connectivity index (χ2n) is 3.10. The van der Waals surface area contributed by atoms with Gasteiger partial charge in [-0.15, -0.1) is 0 Å². The van der Waals surface area contributed by atoms with E-state index >= 15 is 0 Å². The highest BCUT2D eigenvalue weighted by atomic mass is 16.3. The van der Waals surface area contributed by atoms with Gasteiger partial charge in [-0.05, 0) is 19.9 Å². The van der Waals surface area contributed by atoms with E-state index in [-0.39, 0.29) is 6.61 Å². The van der Waals surface area contributed by atoms with Crippen molar-refractivity contribution in [3.05, 3.63) is 17.5 Å². The lowest BCUT2D eigenvalue weighted by Gasteiger charge is -2.15. The zero-order valence-electron chi connectivity index (χ0n) is 8.28. The summed E-state index contributed by atoms with van der Waals surface area (Å²) < 4.78 is 0. The largest absolute Gasteiger partial charge is 0.395 e. The SMILES string of the molecule is Cc1cc(C)nc(N(C)CCO)n1. The Labute approximate surface area is 78.2 Å². The van der Waals surface area contributed by atoms with Crippen LogP contribution in [0.5, 0.6) is 0 Å². The van der Waals surface area contributed by atoms with E-state index in [4.69, 9.17) is 5.11 Å². The summed E-state index contributed by atoms with van der Waals surface area (Å²) in [4.78, 5) is 10.3. The summed E-state index contributed by atoms with van der Waals surface area (Å²) in [5.74, 6) is 0.673. The molecule has 0 saturated carbocycles. The van der Waals surface area contributed by atoms with Crippen LogP contribution in [0.25, 0.3) is 0 Å². The molecule has 0 aliphatic carbocycles. The van der Waals surface area contributed by atoms with Gasteiger partial charge in [0.2, 0.25) is 5.95 Å². The second-order valence-corrected chi connectivity index (χ2v) is 3.10. The van der Waals surface area contributed by atoms with Gasteiger partial charge in [-0.25, -0.2) is 9.97 Å². The van der Waals surface area contributed by atoms with Gasteiger partial charge in [-0.2, -0.15) is 0 Å². The Morgan fingerprint density at radius 2 is 1.85 bits per heavy atom. The van der Waals surface area contributed by atoms with Gasteiger partial charge in [0.1, 0.15) is 0 Å². The molecule has 0 aromatic carbocycles. The number of hydrogen-bond acceptors (Lipinski definition) is 4. The average molecular weight is 181 g/mol. The Kier molecular flexibility index (Phi) is 3.19. The lowest BCUT2D eigenvalue weighted by Crippen LogP contribution is -2.23. The molecule has 0 atom stereocenters. The maximum absolute atomic E-state index is 8.74. The number of hydrogen-bond donors (Lipinski definition) is 1. The summed E-state index contributed by atoms with van der Waals surface area (Å²) >= 11 is 0. The van der Waals surface area contributed by atoms with Crippen molar-refractivity contribution < 1.29 is 5.11 Å². The van der Waals surface area contributed by atoms with Crippen LogP contribution in [0.1, 0.15) is 11.4 Å². The van der Waals surface area contributed by atoms with Crippen LogP contribution in [0.15, 0.2) is 6.07 Å². The standard InChI is InChI=1S/C9H15N3O/c1-7-6-8(2)11-9(10-7)12(3)4-5-13/h6,13H,4-5H2,1-3H3. The predicted molar refractivity (Wildman–Crippen MR) is 51.9 cm³/mol. The van der Waals surface area contributed by atoms with Crippen molar-refractivity contribution in [1.82, 2.24) is 9.97 Å². The predicted octanol–water partition coefficient (Wildman–Crippen LogP) is 0.522. The number of likely N-dealkylation sites (N-methyl/N-ethyl adjacent to an activating group) is 1. The molecule has 1 aromatic rings. The molecule has 1 heterocycles. The maximum atomic E-state index is 8.74. The third-order valence-corrected chi connectivity index (χ3v) is 1.75. The molecule has 4 heteroatoms. The molecule has 13 heavy (non-hydrogen) atoms. The zero-order chi connectivity index (χ0) is 9.84. The van der Waals surface area contributed by atoms with E-state index in [0.717, 1.165) is 11.4 Å². The number of aromatic nitrogens is 2. The molecule has 0 saturated heterocycles. The van der Waals surface area contributed by atoms with Gasteiger partial charge >= 0.3 is 0 Å². The Bertz CT molecular complexity index is 268. The number of rotatable bonds is 3. The van der Waals surface area contributed by atoms with E-state index in [1.165, 1.54) is 0 Å². The molecular weight excluding hydrogens is 166 g/mol. The monoisotopic (exact) mass is 181 g/mol. The average Bonchev–Trinajstić information content (AvgIpc) is 2.03. The van der Waals surface area contributed by atoms with Gasteiger partial charge in [0, 0.05) is 25.0 Å². The van der Waals surface area contributed by atoms with E-state index in [2.05, 4.69) is 9.97 Å². The summed E-state index contributed by atoms with van der Waals surface area (Å²) in [6.45, 7) is 4.55. The van der Waals surface area contributed by atoms with Crippen molar-refractivity contribution in [2.24, 2.45) is 0 Å². The lowest BCUT2D eigenvalue weighted by atomic mass is 10.3. The third-order valence-electron chi connectivity index (χ3n) is 1.75. The number of aliphatic hydroxyl groups excluding tert-OH is 1. The first-order valence-corrected chi connectivity index (χ1v) is 4.28. The summed E-state index contributed by atoms with van der Waals surface area (Å²) in [5, 5.41) is 8.74. The highest BCUT2D eigenvalue weighted by Crippen LogP contribution is 2.07. The van der Waals surface area contributed by atoms with Crippen molar-refractivity contribution in [3.8, 4) is 0 Å². The van der Waals surface area contributed by atoms with Crippen LogP contribution in [-0.4, -0.2) is 35.3 Å². The minimum absolute atomic E-state index is 0.118. The fourth-order valence-corrected chi connectivity index (χ4v) is 1.13. The minimum atomic E-state index is 0.118.